The molecule has 4 rings (SSSR count). The standard InChI is InChI=1S/C18H21N5OS/c1-11-16-13(18(24)20-12-5-3-7-19-10-12)9-14(15-6-4-8-25-15)21-17(16)23(2)22-11/h4,6,8-9,12,19H,3,5,7,10H2,1-2H3,(H,20,24). The third-order valence-corrected chi connectivity index (χ3v) is 5.51. The van der Waals surface area contributed by atoms with Crippen LogP contribution in [0, 0.1) is 6.92 Å². The van der Waals surface area contributed by atoms with Gasteiger partial charge in [0.25, 0.3) is 5.91 Å². The van der Waals surface area contributed by atoms with E-state index in [2.05, 4.69) is 15.7 Å². The first-order valence-corrected chi connectivity index (χ1v) is 9.41. The fraction of sp³-hybridized carbons (Fsp3) is 0.389. The molecule has 0 aromatic carbocycles. The van der Waals surface area contributed by atoms with Gasteiger partial charge in [-0.2, -0.15) is 5.10 Å². The lowest BCUT2D eigenvalue weighted by Crippen LogP contribution is -2.45. The highest BCUT2D eigenvalue weighted by Crippen LogP contribution is 2.29. The highest BCUT2D eigenvalue weighted by Gasteiger charge is 2.22. The Hall–Kier alpha value is -2.25. The van der Waals surface area contributed by atoms with Gasteiger partial charge in [-0.25, -0.2) is 4.98 Å². The molecule has 1 amide bonds. The van der Waals surface area contributed by atoms with Crippen LogP contribution >= 0.6 is 11.3 Å². The summed E-state index contributed by atoms with van der Waals surface area (Å²) in [5.74, 6) is -0.0463. The molecule has 1 atom stereocenters. The Morgan fingerprint density at radius 2 is 2.36 bits per heavy atom. The van der Waals surface area contributed by atoms with Crippen molar-refractivity contribution in [1.29, 1.82) is 0 Å². The minimum Gasteiger partial charge on any atom is -0.348 e. The molecule has 0 spiro atoms. The number of thiophene rings is 1. The topological polar surface area (TPSA) is 71.8 Å². The van der Waals surface area contributed by atoms with Crippen molar-refractivity contribution in [1.82, 2.24) is 25.4 Å². The summed E-state index contributed by atoms with van der Waals surface area (Å²) in [7, 11) is 1.87. The average molecular weight is 355 g/mol. The van der Waals surface area contributed by atoms with Crippen molar-refractivity contribution in [2.45, 2.75) is 25.8 Å². The average Bonchev–Trinajstić information content (AvgIpc) is 3.24. The van der Waals surface area contributed by atoms with Gasteiger partial charge in [0.05, 0.1) is 27.2 Å². The molecule has 3 aromatic rings. The first-order valence-electron chi connectivity index (χ1n) is 8.53. The van der Waals surface area contributed by atoms with E-state index in [0.29, 0.717) is 5.56 Å². The lowest BCUT2D eigenvalue weighted by molar-refractivity contribution is 0.0932. The maximum Gasteiger partial charge on any atom is 0.252 e. The minimum absolute atomic E-state index is 0.0463. The molecule has 0 radical (unpaired) electrons. The second-order valence-corrected chi connectivity index (χ2v) is 7.40. The third kappa shape index (κ3) is 3.05. The molecule has 6 nitrogen and oxygen atoms in total. The van der Waals surface area contributed by atoms with Crippen LogP contribution in [0.25, 0.3) is 21.6 Å². The fourth-order valence-corrected chi connectivity index (χ4v) is 4.10. The Labute approximate surface area is 150 Å². The van der Waals surface area contributed by atoms with Gasteiger partial charge in [-0.05, 0) is 43.8 Å². The SMILES string of the molecule is Cc1nn(C)c2nc(-c3cccs3)cc(C(=O)NC3CCCNC3)c12. The third-order valence-electron chi connectivity index (χ3n) is 4.62. The number of carbonyl (C=O) groups excluding carboxylic acids is 1. The number of nitrogens with zero attached hydrogens (tertiary/aromatic N) is 3. The summed E-state index contributed by atoms with van der Waals surface area (Å²) in [5.41, 5.74) is 3.05. The lowest BCUT2D eigenvalue weighted by atomic mass is 10.0. The summed E-state index contributed by atoms with van der Waals surface area (Å²) in [6.07, 6.45) is 2.10. The number of carbonyl (C=O) groups is 1. The zero-order valence-corrected chi connectivity index (χ0v) is 15.2. The quantitative estimate of drug-likeness (QED) is 0.757. The Kier molecular flexibility index (Phi) is 4.27. The smallest absolute Gasteiger partial charge is 0.252 e. The van der Waals surface area contributed by atoms with Gasteiger partial charge in [0, 0.05) is 19.6 Å². The number of piperidine rings is 1. The Morgan fingerprint density at radius 3 is 3.08 bits per heavy atom. The lowest BCUT2D eigenvalue weighted by Gasteiger charge is -2.24. The number of hydrogen-bond acceptors (Lipinski definition) is 5. The number of nitrogens with one attached hydrogen (secondary N) is 2. The maximum atomic E-state index is 13.0. The molecule has 25 heavy (non-hydrogen) atoms. The van der Waals surface area contributed by atoms with Crippen molar-refractivity contribution < 1.29 is 4.79 Å². The first-order chi connectivity index (χ1) is 12.1. The molecule has 1 aliphatic rings. The van der Waals surface area contributed by atoms with Gasteiger partial charge >= 0.3 is 0 Å². The van der Waals surface area contributed by atoms with Crippen molar-refractivity contribution in [2.24, 2.45) is 7.05 Å². The number of aryl methyl sites for hydroxylation is 2. The van der Waals surface area contributed by atoms with E-state index in [0.717, 1.165) is 53.2 Å². The monoisotopic (exact) mass is 355 g/mol. The van der Waals surface area contributed by atoms with Crippen molar-refractivity contribution in [2.75, 3.05) is 13.1 Å². The summed E-state index contributed by atoms with van der Waals surface area (Å²) in [6.45, 7) is 3.77. The van der Waals surface area contributed by atoms with E-state index in [-0.39, 0.29) is 11.9 Å². The van der Waals surface area contributed by atoms with Gasteiger partial charge in [0.1, 0.15) is 0 Å². The normalized spacial score (nSPS) is 17.8. The molecule has 130 valence electrons. The predicted octanol–water partition coefficient (Wildman–Crippen LogP) is 2.49. The Balaban J connectivity index is 1.79. The molecule has 1 unspecified atom stereocenters. The summed E-state index contributed by atoms with van der Waals surface area (Å²) in [6, 6.07) is 6.09. The summed E-state index contributed by atoms with van der Waals surface area (Å²) in [5, 5.41) is 13.8. The molecule has 7 heteroatoms. The molecule has 1 fully saturated rings. The summed E-state index contributed by atoms with van der Waals surface area (Å²) in [4.78, 5) is 18.8. The molecule has 1 aliphatic heterocycles. The molecule has 3 aromatic heterocycles. The molecule has 4 heterocycles. The van der Waals surface area contributed by atoms with Crippen LogP contribution in [0.5, 0.6) is 0 Å². The highest BCUT2D eigenvalue weighted by atomic mass is 32.1. The zero-order valence-electron chi connectivity index (χ0n) is 14.4. The summed E-state index contributed by atoms with van der Waals surface area (Å²) >= 11 is 1.62. The van der Waals surface area contributed by atoms with Gasteiger partial charge in [-0.1, -0.05) is 6.07 Å². The van der Waals surface area contributed by atoms with E-state index >= 15 is 0 Å². The van der Waals surface area contributed by atoms with E-state index in [9.17, 15) is 4.79 Å². The van der Waals surface area contributed by atoms with Gasteiger partial charge in [0.15, 0.2) is 5.65 Å². The van der Waals surface area contributed by atoms with Crippen LogP contribution in [0.3, 0.4) is 0 Å². The number of pyridine rings is 1. The fourth-order valence-electron chi connectivity index (χ4n) is 3.41. The molecule has 0 aliphatic carbocycles. The number of rotatable bonds is 3. The second kappa shape index (κ2) is 6.57. The van der Waals surface area contributed by atoms with Crippen LogP contribution in [0.1, 0.15) is 28.9 Å². The Bertz CT molecular complexity index is 909. The van der Waals surface area contributed by atoms with Gasteiger partial charge in [-0.3, -0.25) is 9.48 Å². The van der Waals surface area contributed by atoms with Crippen LogP contribution in [0.2, 0.25) is 0 Å². The van der Waals surface area contributed by atoms with Crippen LogP contribution < -0.4 is 10.6 Å². The van der Waals surface area contributed by atoms with E-state index in [4.69, 9.17) is 4.98 Å². The molecule has 0 saturated carbocycles. The van der Waals surface area contributed by atoms with Crippen LogP contribution in [-0.4, -0.2) is 39.8 Å². The number of hydrogen-bond donors (Lipinski definition) is 2. The molecular weight excluding hydrogens is 334 g/mol. The van der Waals surface area contributed by atoms with Crippen LogP contribution in [-0.2, 0) is 7.05 Å². The van der Waals surface area contributed by atoms with Crippen LogP contribution in [0.4, 0.5) is 0 Å². The highest BCUT2D eigenvalue weighted by molar-refractivity contribution is 7.13. The van der Waals surface area contributed by atoms with Crippen molar-refractivity contribution in [3.63, 3.8) is 0 Å². The maximum absolute atomic E-state index is 13.0. The molecular formula is C18H21N5OS. The van der Waals surface area contributed by atoms with Crippen molar-refractivity contribution in [3.05, 3.63) is 34.8 Å². The second-order valence-electron chi connectivity index (χ2n) is 6.46. The van der Waals surface area contributed by atoms with Crippen molar-refractivity contribution >= 4 is 28.3 Å². The summed E-state index contributed by atoms with van der Waals surface area (Å²) < 4.78 is 1.75. The van der Waals surface area contributed by atoms with E-state index in [1.807, 2.05) is 37.6 Å². The first kappa shape index (κ1) is 16.2. The van der Waals surface area contributed by atoms with Gasteiger partial charge in [0.2, 0.25) is 0 Å². The van der Waals surface area contributed by atoms with E-state index < -0.39 is 0 Å². The van der Waals surface area contributed by atoms with Crippen LogP contribution in [0.15, 0.2) is 23.6 Å². The predicted molar refractivity (Wildman–Crippen MR) is 99.9 cm³/mol. The largest absolute Gasteiger partial charge is 0.348 e. The van der Waals surface area contributed by atoms with Gasteiger partial charge < -0.3 is 10.6 Å². The Morgan fingerprint density at radius 1 is 1.48 bits per heavy atom. The van der Waals surface area contributed by atoms with E-state index in [1.165, 1.54) is 0 Å². The number of aromatic nitrogens is 3. The molecule has 1 saturated heterocycles. The zero-order chi connectivity index (χ0) is 17.4. The van der Waals surface area contributed by atoms with E-state index in [1.54, 1.807) is 16.0 Å². The minimum atomic E-state index is -0.0463. The molecule has 2 N–H and O–H groups in total. The number of amides is 1. The number of fused-ring (bicyclic) bond motifs is 1. The molecule has 0 bridgehead atoms. The van der Waals surface area contributed by atoms with Gasteiger partial charge in [-0.15, -0.1) is 11.3 Å². The van der Waals surface area contributed by atoms with Crippen molar-refractivity contribution in [3.8, 4) is 10.6 Å².